The lowest BCUT2D eigenvalue weighted by atomic mass is 9.64. The maximum absolute atomic E-state index is 2.69. The molecule has 0 amide bonds. The molecule has 2 saturated carbocycles. The molecule has 2 heterocycles. The number of hydrogen-bond acceptors (Lipinski definition) is 0. The van der Waals surface area contributed by atoms with E-state index >= 15 is 0 Å². The summed E-state index contributed by atoms with van der Waals surface area (Å²) in [4.78, 5) is 0. The Morgan fingerprint density at radius 2 is 0.642 bits per heavy atom. The lowest BCUT2D eigenvalue weighted by molar-refractivity contribution is 0.241. The molecule has 2 fully saturated rings. The van der Waals surface area contributed by atoms with Crippen LogP contribution in [0.5, 0.6) is 0 Å². The largest absolute Gasteiger partial charge is 0.155 e. The minimum atomic E-state index is -2.44. The molecule has 0 aromatic heterocycles. The van der Waals surface area contributed by atoms with Crippen LogP contribution in [0.3, 0.4) is 0 Å². The molecule has 2 heteroatoms. The Bertz CT molecular complexity index is 2930. The van der Waals surface area contributed by atoms with Gasteiger partial charge >= 0.3 is 0 Å². The van der Waals surface area contributed by atoms with Gasteiger partial charge in [0.25, 0.3) is 0 Å². The predicted octanol–water partition coefficient (Wildman–Crippen LogP) is 12.7. The Hall–Kier alpha value is -5.81. The molecule has 13 rings (SSSR count). The molecule has 0 radical (unpaired) electrons. The van der Waals surface area contributed by atoms with Crippen LogP contribution < -0.4 is 31.1 Å². The van der Waals surface area contributed by atoms with Crippen molar-refractivity contribution in [1.82, 2.24) is 0 Å². The van der Waals surface area contributed by atoms with Crippen molar-refractivity contribution in [2.45, 2.75) is 106 Å². The van der Waals surface area contributed by atoms with Crippen molar-refractivity contribution >= 4 is 47.3 Å². The Labute approximate surface area is 401 Å². The minimum Gasteiger partial charge on any atom is -0.0624 e. The molecule has 67 heavy (non-hydrogen) atoms. The molecule has 8 aromatic carbocycles. The molecule has 330 valence electrons. The fourth-order valence-corrected chi connectivity index (χ4v) is 30.1. The Morgan fingerprint density at radius 3 is 1.00 bits per heavy atom. The van der Waals surface area contributed by atoms with Crippen molar-refractivity contribution in [3.05, 3.63) is 216 Å². The minimum absolute atomic E-state index is 0.106. The third-order valence-electron chi connectivity index (χ3n) is 19.7. The quantitative estimate of drug-likeness (QED) is 0.146. The van der Waals surface area contributed by atoms with E-state index in [9.17, 15) is 0 Å². The van der Waals surface area contributed by atoms with Gasteiger partial charge in [0.1, 0.15) is 0 Å². The fourth-order valence-electron chi connectivity index (χ4n) is 16.2. The van der Waals surface area contributed by atoms with Gasteiger partial charge in [-0.1, -0.05) is 248 Å². The van der Waals surface area contributed by atoms with Crippen molar-refractivity contribution in [3.63, 3.8) is 0 Å². The van der Waals surface area contributed by atoms with Crippen molar-refractivity contribution in [1.29, 1.82) is 0 Å². The van der Waals surface area contributed by atoms with E-state index in [2.05, 4.69) is 222 Å². The summed E-state index contributed by atoms with van der Waals surface area (Å²) in [6, 6.07) is 77.0. The number of fused-ring (bicyclic) bond motifs is 9. The molecule has 0 spiro atoms. The van der Waals surface area contributed by atoms with E-state index in [0.717, 1.165) is 6.42 Å². The molecule has 0 nitrogen and oxygen atoms in total. The molecule has 3 aliphatic carbocycles. The van der Waals surface area contributed by atoms with Crippen molar-refractivity contribution in [2.24, 2.45) is 0 Å². The average molecular weight is 899 g/mol. The molecular formula is C65H62Si2. The molecule has 0 bridgehead atoms. The highest BCUT2D eigenvalue weighted by Crippen LogP contribution is 2.67. The van der Waals surface area contributed by atoms with E-state index in [0.29, 0.717) is 0 Å². The van der Waals surface area contributed by atoms with Crippen molar-refractivity contribution in [3.8, 4) is 33.4 Å². The van der Waals surface area contributed by atoms with Crippen LogP contribution in [0.25, 0.3) is 33.4 Å². The zero-order valence-electron chi connectivity index (χ0n) is 39.8. The highest BCUT2D eigenvalue weighted by atomic mass is 28.3. The van der Waals surface area contributed by atoms with Crippen LogP contribution in [0.2, 0.25) is 10.1 Å². The highest BCUT2D eigenvalue weighted by molar-refractivity contribution is 7.15. The van der Waals surface area contributed by atoms with Crippen LogP contribution in [-0.2, 0) is 17.3 Å². The smallest absolute Gasteiger partial charge is 0.0624 e. The van der Waals surface area contributed by atoms with E-state index in [1.807, 2.05) is 0 Å². The summed E-state index contributed by atoms with van der Waals surface area (Å²) in [5.74, 6) is 0. The van der Waals surface area contributed by atoms with Gasteiger partial charge in [-0.2, -0.15) is 0 Å². The van der Waals surface area contributed by atoms with E-state index in [-0.39, 0.29) is 20.9 Å². The van der Waals surface area contributed by atoms with Crippen LogP contribution in [0, 0.1) is 0 Å². The van der Waals surface area contributed by atoms with Crippen LogP contribution >= 0.6 is 0 Å². The first-order chi connectivity index (χ1) is 32.7. The van der Waals surface area contributed by atoms with Gasteiger partial charge in [0.05, 0.1) is 0 Å². The van der Waals surface area contributed by atoms with E-state index in [1.54, 1.807) is 42.2 Å². The second kappa shape index (κ2) is 14.8. The normalized spacial score (nSPS) is 25.9. The second-order valence-electron chi connectivity index (χ2n) is 22.1. The summed E-state index contributed by atoms with van der Waals surface area (Å²) in [5.41, 5.74) is 14.6. The maximum atomic E-state index is 2.69. The topological polar surface area (TPSA) is 0 Å². The molecule has 5 aliphatic rings. The average Bonchev–Trinajstić information content (AvgIpc) is 3.90. The van der Waals surface area contributed by atoms with E-state index < -0.39 is 16.1 Å². The van der Waals surface area contributed by atoms with Crippen LogP contribution in [-0.4, -0.2) is 16.1 Å². The van der Waals surface area contributed by atoms with Gasteiger partial charge in [0.2, 0.25) is 0 Å². The number of hydrogen-bond donors (Lipinski definition) is 0. The fraction of sp³-hybridized carbons (Fsp3) is 0.262. The summed E-state index contributed by atoms with van der Waals surface area (Å²) in [6.45, 7) is 10.7. The first kappa shape index (κ1) is 41.4. The SMILES string of the molecule is CC12CCCCC1(C)[Si](c1ccccc1)(c1ccccc1)c1ccc(-c3ccc4c(c3)Cc3cc(-c5ccc6c(c5)C5(C)CCCCC5(C)[Si]6(c5ccccc5)c5ccccc5)ccc3-4)cc12. The third-order valence-corrected chi connectivity index (χ3v) is 31.9. The summed E-state index contributed by atoms with van der Waals surface area (Å²) < 4.78 is 0. The van der Waals surface area contributed by atoms with Gasteiger partial charge in [-0.15, -0.1) is 0 Å². The van der Waals surface area contributed by atoms with Gasteiger partial charge in [0, 0.05) is 0 Å². The van der Waals surface area contributed by atoms with Crippen LogP contribution in [0.1, 0.15) is 101 Å². The molecular weight excluding hydrogens is 837 g/mol. The Morgan fingerprint density at radius 1 is 0.328 bits per heavy atom. The summed E-state index contributed by atoms with van der Waals surface area (Å²) in [5, 5.41) is 9.87. The number of benzene rings is 8. The maximum Gasteiger partial charge on any atom is 0.155 e. The predicted molar refractivity (Wildman–Crippen MR) is 289 cm³/mol. The first-order valence-electron chi connectivity index (χ1n) is 25.5. The lowest BCUT2D eigenvalue weighted by Gasteiger charge is -2.54. The van der Waals surface area contributed by atoms with Gasteiger partial charge < -0.3 is 0 Å². The second-order valence-corrected chi connectivity index (χ2v) is 30.7. The van der Waals surface area contributed by atoms with Gasteiger partial charge in [0.15, 0.2) is 16.1 Å². The summed E-state index contributed by atoms with van der Waals surface area (Å²) in [6.07, 6.45) is 11.3. The monoisotopic (exact) mass is 898 g/mol. The first-order valence-corrected chi connectivity index (χ1v) is 29.5. The molecule has 0 N–H and O–H groups in total. The molecule has 4 atom stereocenters. The zero-order chi connectivity index (χ0) is 45.2. The van der Waals surface area contributed by atoms with Crippen LogP contribution in [0.15, 0.2) is 194 Å². The van der Waals surface area contributed by atoms with Gasteiger partial charge in [-0.05, 0) is 140 Å². The van der Waals surface area contributed by atoms with E-state index in [1.165, 1.54) is 95.9 Å². The zero-order valence-corrected chi connectivity index (χ0v) is 41.8. The Balaban J connectivity index is 0.881. The van der Waals surface area contributed by atoms with Crippen molar-refractivity contribution < 1.29 is 0 Å². The third kappa shape index (κ3) is 5.30. The highest BCUT2D eigenvalue weighted by Gasteiger charge is 2.70. The summed E-state index contributed by atoms with van der Waals surface area (Å²) in [7, 11) is -4.88. The van der Waals surface area contributed by atoms with Crippen molar-refractivity contribution in [2.75, 3.05) is 0 Å². The lowest BCUT2D eigenvalue weighted by Crippen LogP contribution is -2.72. The molecule has 0 saturated heterocycles. The van der Waals surface area contributed by atoms with Crippen LogP contribution in [0.4, 0.5) is 0 Å². The summed E-state index contributed by atoms with van der Waals surface area (Å²) >= 11 is 0. The standard InChI is InChI=1S/C65H62Si2/c1-62-37-17-19-39-64(62,3)66(52-21-9-5-10-22-52,53-23-11-6-12-24-53)60-35-31-48(44-58(60)62)46-29-33-56-50(41-46)43-51-42-47(30-34-57(51)56)49-32-36-61-59(45-49)63(2)38-18-20-40-65(63,4)67(61,54-25-13-7-14-26-54)55-27-15-8-16-28-55/h5-16,21-36,41-42,44-45H,17-20,37-40,43H2,1-4H3. The number of rotatable bonds is 6. The van der Waals surface area contributed by atoms with Gasteiger partial charge in [-0.3, -0.25) is 0 Å². The molecule has 8 aromatic rings. The molecule has 2 aliphatic heterocycles. The van der Waals surface area contributed by atoms with E-state index in [4.69, 9.17) is 0 Å². The Kier molecular flexibility index (Phi) is 9.17. The molecule has 4 unspecified atom stereocenters. The van der Waals surface area contributed by atoms with Gasteiger partial charge in [-0.25, -0.2) is 0 Å².